The first-order valence-electron chi connectivity index (χ1n) is 6.81. The van der Waals surface area contributed by atoms with Crippen molar-refractivity contribution in [3.8, 4) is 11.5 Å². The lowest BCUT2D eigenvalue weighted by Crippen LogP contribution is -2.06. The van der Waals surface area contributed by atoms with Gasteiger partial charge in [-0.2, -0.15) is 0 Å². The second kappa shape index (κ2) is 7.27. The van der Waals surface area contributed by atoms with Crippen LogP contribution < -0.4 is 9.47 Å². The van der Waals surface area contributed by atoms with E-state index in [-0.39, 0.29) is 0 Å². The van der Waals surface area contributed by atoms with E-state index in [0.29, 0.717) is 11.5 Å². The molecule has 0 radical (unpaired) electrons. The molecule has 0 atom stereocenters. The summed E-state index contributed by atoms with van der Waals surface area (Å²) < 4.78 is 11.6. The molecule has 22 heavy (non-hydrogen) atoms. The zero-order valence-electron chi connectivity index (χ0n) is 12.7. The van der Waals surface area contributed by atoms with Crippen molar-refractivity contribution in [2.24, 2.45) is 0 Å². The van der Waals surface area contributed by atoms with E-state index < -0.39 is 5.97 Å². The van der Waals surface area contributed by atoms with Crippen molar-refractivity contribution >= 4 is 28.0 Å². The van der Waals surface area contributed by atoms with Crippen molar-refractivity contribution in [3.63, 3.8) is 0 Å². The molecule has 4 heteroatoms. The minimum absolute atomic E-state index is 0.417. The van der Waals surface area contributed by atoms with Gasteiger partial charge in [-0.15, -0.1) is 0 Å². The Morgan fingerprint density at radius 1 is 1.14 bits per heavy atom. The lowest BCUT2D eigenvalue weighted by atomic mass is 10.1. The number of hydrogen-bond acceptors (Lipinski definition) is 3. The molecule has 2 aromatic carbocycles. The number of para-hydroxylation sites is 1. The van der Waals surface area contributed by atoms with Gasteiger partial charge in [0.2, 0.25) is 0 Å². The summed E-state index contributed by atoms with van der Waals surface area (Å²) in [6, 6.07) is 11.3. The molecule has 0 heterocycles. The van der Waals surface area contributed by atoms with Gasteiger partial charge >= 0.3 is 5.97 Å². The Hall–Kier alpha value is -2.07. The van der Waals surface area contributed by atoms with E-state index in [4.69, 9.17) is 9.47 Å². The average molecular weight is 361 g/mol. The van der Waals surface area contributed by atoms with Crippen LogP contribution in [0.1, 0.15) is 16.7 Å². The Morgan fingerprint density at radius 3 is 2.41 bits per heavy atom. The zero-order chi connectivity index (χ0) is 16.1. The van der Waals surface area contributed by atoms with Gasteiger partial charge in [-0.1, -0.05) is 34.1 Å². The fourth-order valence-corrected chi connectivity index (χ4v) is 2.84. The third kappa shape index (κ3) is 3.98. The van der Waals surface area contributed by atoms with Gasteiger partial charge < -0.3 is 9.47 Å². The summed E-state index contributed by atoms with van der Waals surface area (Å²) in [6.07, 6.45) is 3.09. The maximum Gasteiger partial charge on any atom is 0.336 e. The van der Waals surface area contributed by atoms with Crippen molar-refractivity contribution < 1.29 is 14.3 Å². The quantitative estimate of drug-likeness (QED) is 0.450. The van der Waals surface area contributed by atoms with Crippen LogP contribution in [0.2, 0.25) is 0 Å². The molecular weight excluding hydrogens is 344 g/mol. The first-order chi connectivity index (χ1) is 10.5. The maximum absolute atomic E-state index is 12.0. The van der Waals surface area contributed by atoms with Gasteiger partial charge in [0.25, 0.3) is 0 Å². The minimum atomic E-state index is -0.417. The molecule has 0 fully saturated rings. The predicted octanol–water partition coefficient (Wildman–Crippen LogP) is 4.69. The molecule has 0 bridgehead atoms. The Morgan fingerprint density at radius 2 is 1.77 bits per heavy atom. The molecule has 0 amide bonds. The summed E-state index contributed by atoms with van der Waals surface area (Å²) in [7, 11) is 1.60. The third-order valence-electron chi connectivity index (χ3n) is 3.17. The molecule has 0 aliphatic carbocycles. The lowest BCUT2D eigenvalue weighted by Gasteiger charge is -2.09. The van der Waals surface area contributed by atoms with E-state index in [1.807, 2.05) is 50.2 Å². The maximum atomic E-state index is 12.0. The minimum Gasteiger partial charge on any atom is -0.496 e. The van der Waals surface area contributed by atoms with E-state index in [9.17, 15) is 4.79 Å². The van der Waals surface area contributed by atoms with Gasteiger partial charge in [0.05, 0.1) is 7.11 Å². The van der Waals surface area contributed by atoms with Crippen LogP contribution in [-0.4, -0.2) is 13.1 Å². The van der Waals surface area contributed by atoms with Crippen molar-refractivity contribution in [3.05, 3.63) is 63.6 Å². The van der Waals surface area contributed by atoms with Crippen molar-refractivity contribution in [1.82, 2.24) is 0 Å². The van der Waals surface area contributed by atoms with Crippen LogP contribution in [0.3, 0.4) is 0 Å². The molecule has 0 saturated heterocycles. The van der Waals surface area contributed by atoms with Gasteiger partial charge in [-0.05, 0) is 49.2 Å². The number of aryl methyl sites for hydroxylation is 2. The molecule has 2 rings (SSSR count). The van der Waals surface area contributed by atoms with Crippen molar-refractivity contribution in [2.45, 2.75) is 13.8 Å². The highest BCUT2D eigenvalue weighted by molar-refractivity contribution is 9.10. The highest BCUT2D eigenvalue weighted by atomic mass is 79.9. The molecule has 3 nitrogen and oxygen atoms in total. The van der Waals surface area contributed by atoms with Crippen LogP contribution in [-0.2, 0) is 4.79 Å². The van der Waals surface area contributed by atoms with Crippen LogP contribution >= 0.6 is 15.9 Å². The van der Waals surface area contributed by atoms with Gasteiger partial charge in [-0.25, -0.2) is 4.79 Å². The van der Waals surface area contributed by atoms with E-state index in [2.05, 4.69) is 15.9 Å². The molecule has 0 N–H and O–H groups in total. The Bertz CT molecular complexity index is 697. The van der Waals surface area contributed by atoms with Gasteiger partial charge in [0.1, 0.15) is 11.5 Å². The van der Waals surface area contributed by atoms with Crippen LogP contribution in [0.15, 0.2) is 46.9 Å². The lowest BCUT2D eigenvalue weighted by molar-refractivity contribution is -0.129. The molecule has 0 aliphatic rings. The highest BCUT2D eigenvalue weighted by Gasteiger charge is 2.09. The average Bonchev–Trinajstić information content (AvgIpc) is 2.49. The van der Waals surface area contributed by atoms with E-state index >= 15 is 0 Å². The smallest absolute Gasteiger partial charge is 0.336 e. The Labute approximate surface area is 138 Å². The first kappa shape index (κ1) is 16.3. The molecule has 2 aromatic rings. The number of carbonyl (C=O) groups excluding carboxylic acids is 1. The largest absolute Gasteiger partial charge is 0.496 e. The molecule has 114 valence electrons. The number of methoxy groups -OCH3 is 1. The number of benzene rings is 2. The van der Waals surface area contributed by atoms with Crippen LogP contribution in [0, 0.1) is 13.8 Å². The number of esters is 1. The van der Waals surface area contributed by atoms with E-state index in [1.54, 1.807) is 13.2 Å². The first-order valence-corrected chi connectivity index (χ1v) is 7.60. The summed E-state index contributed by atoms with van der Waals surface area (Å²) >= 11 is 3.42. The fraction of sp³-hybridized carbons (Fsp3) is 0.167. The van der Waals surface area contributed by atoms with E-state index in [1.165, 1.54) is 6.08 Å². The summed E-state index contributed by atoms with van der Waals surface area (Å²) in [6.45, 7) is 3.81. The molecule has 0 unspecified atom stereocenters. The van der Waals surface area contributed by atoms with Crippen molar-refractivity contribution in [1.29, 1.82) is 0 Å². The summed E-state index contributed by atoms with van der Waals surface area (Å²) in [5.74, 6) is 0.889. The topological polar surface area (TPSA) is 35.5 Å². The Kier molecular flexibility index (Phi) is 5.39. The van der Waals surface area contributed by atoms with Crippen LogP contribution in [0.5, 0.6) is 11.5 Å². The monoisotopic (exact) mass is 360 g/mol. The fourth-order valence-electron chi connectivity index (χ4n) is 2.15. The Balaban J connectivity index is 2.15. The third-order valence-corrected chi connectivity index (χ3v) is 3.62. The normalized spacial score (nSPS) is 10.7. The SMILES string of the molecule is COc1ccccc1/C=C/C(=O)Oc1c(C)cc(Br)cc1C. The predicted molar refractivity (Wildman–Crippen MR) is 91.3 cm³/mol. The number of carbonyl (C=O) groups is 1. The number of ether oxygens (including phenoxy) is 2. The number of hydrogen-bond donors (Lipinski definition) is 0. The van der Waals surface area contributed by atoms with Crippen LogP contribution in [0.4, 0.5) is 0 Å². The zero-order valence-corrected chi connectivity index (χ0v) is 14.3. The van der Waals surface area contributed by atoms with Crippen molar-refractivity contribution in [2.75, 3.05) is 7.11 Å². The molecular formula is C18H17BrO3. The van der Waals surface area contributed by atoms with Crippen LogP contribution in [0.25, 0.3) is 6.08 Å². The highest BCUT2D eigenvalue weighted by Crippen LogP contribution is 2.27. The van der Waals surface area contributed by atoms with Gasteiger partial charge in [-0.3, -0.25) is 0 Å². The summed E-state index contributed by atoms with van der Waals surface area (Å²) in [4.78, 5) is 12.0. The van der Waals surface area contributed by atoms with Gasteiger partial charge in [0.15, 0.2) is 0 Å². The number of rotatable bonds is 4. The van der Waals surface area contributed by atoms with Gasteiger partial charge in [0, 0.05) is 16.1 Å². The molecule has 0 saturated carbocycles. The standard InChI is InChI=1S/C18H17BrO3/c1-12-10-15(19)11-13(2)18(12)22-17(20)9-8-14-6-4-5-7-16(14)21-3/h4-11H,1-3H3/b9-8+. The number of halogens is 1. The molecule has 0 aliphatic heterocycles. The summed E-state index contributed by atoms with van der Waals surface area (Å²) in [5, 5.41) is 0. The molecule has 0 aromatic heterocycles. The second-order valence-corrected chi connectivity index (χ2v) is 5.78. The second-order valence-electron chi connectivity index (χ2n) is 4.87. The summed E-state index contributed by atoms with van der Waals surface area (Å²) in [5.41, 5.74) is 2.64. The molecule has 0 spiro atoms. The van der Waals surface area contributed by atoms with E-state index in [0.717, 1.165) is 21.2 Å².